The Hall–Kier alpha value is -3.60. The molecular weight excluding hydrogens is 352 g/mol. The minimum atomic E-state index is -0.843. The van der Waals surface area contributed by atoms with Crippen LogP contribution in [0, 0.1) is 0 Å². The van der Waals surface area contributed by atoms with Crippen molar-refractivity contribution in [3.8, 4) is 16.9 Å². The molecule has 1 aliphatic heterocycles. The third kappa shape index (κ3) is 2.91. The molecule has 5 rings (SSSR count). The van der Waals surface area contributed by atoms with E-state index in [1.54, 1.807) is 12.1 Å². The van der Waals surface area contributed by atoms with Crippen molar-refractivity contribution in [2.75, 3.05) is 10.6 Å². The second-order valence-electron chi connectivity index (χ2n) is 7.05. The molecule has 0 saturated heterocycles. The van der Waals surface area contributed by atoms with Crippen LogP contribution in [0.3, 0.4) is 0 Å². The quantitative estimate of drug-likeness (QED) is 0.573. The minimum Gasteiger partial charge on any atom is -0.478 e. The number of amides is 2. The zero-order chi connectivity index (χ0) is 19.1. The van der Waals surface area contributed by atoms with E-state index in [1.165, 1.54) is 16.7 Å². The van der Waals surface area contributed by atoms with E-state index in [-0.39, 0.29) is 18.2 Å². The number of rotatable bonds is 3. The highest BCUT2D eigenvalue weighted by Crippen LogP contribution is 2.38. The maximum atomic E-state index is 12.5. The van der Waals surface area contributed by atoms with Gasteiger partial charge in [0.25, 0.3) is 5.91 Å². The Kier molecular flexibility index (Phi) is 3.86. The number of hydrogen-bond acceptors (Lipinski definition) is 3. The number of anilines is 2. The second-order valence-corrected chi connectivity index (χ2v) is 7.05. The van der Waals surface area contributed by atoms with E-state index in [9.17, 15) is 9.59 Å². The summed E-state index contributed by atoms with van der Waals surface area (Å²) in [7, 11) is 0. The van der Waals surface area contributed by atoms with E-state index in [0.717, 1.165) is 17.7 Å². The maximum absolute atomic E-state index is 12.5. The molecule has 0 fully saturated rings. The number of nitrogens with one attached hydrogen (secondary N) is 2. The number of fused-ring (bicyclic) bond motifs is 4. The summed E-state index contributed by atoms with van der Waals surface area (Å²) in [5, 5.41) is 5.68. The lowest BCUT2D eigenvalue weighted by molar-refractivity contribution is -0.128. The van der Waals surface area contributed by atoms with Gasteiger partial charge in [-0.05, 0) is 52.9 Å². The van der Waals surface area contributed by atoms with Crippen molar-refractivity contribution in [3.63, 3.8) is 0 Å². The van der Waals surface area contributed by atoms with Gasteiger partial charge in [-0.1, -0.05) is 42.5 Å². The molecule has 5 heteroatoms. The summed E-state index contributed by atoms with van der Waals surface area (Å²) in [5.74, 6) is 0.0107. The van der Waals surface area contributed by atoms with Crippen LogP contribution in [0.4, 0.5) is 11.4 Å². The van der Waals surface area contributed by atoms with E-state index in [4.69, 9.17) is 4.74 Å². The highest BCUT2D eigenvalue weighted by molar-refractivity contribution is 6.02. The van der Waals surface area contributed by atoms with Crippen LogP contribution in [0.25, 0.3) is 11.1 Å². The van der Waals surface area contributed by atoms with Crippen molar-refractivity contribution in [2.45, 2.75) is 18.9 Å². The lowest BCUT2D eigenvalue weighted by atomic mass is 10.1. The smallest absolute Gasteiger partial charge is 0.266 e. The average Bonchev–Trinajstić information content (AvgIpc) is 3.06. The Balaban J connectivity index is 1.30. The first-order chi connectivity index (χ1) is 13.7. The number of carbonyl (C=O) groups excluding carboxylic acids is 2. The molecule has 1 atom stereocenters. The highest BCUT2D eigenvalue weighted by Gasteiger charge is 2.29. The van der Waals surface area contributed by atoms with E-state index in [1.807, 2.05) is 42.5 Å². The molecule has 5 nitrogen and oxygen atoms in total. The Bertz CT molecular complexity index is 1110. The van der Waals surface area contributed by atoms with Crippen LogP contribution in [0.5, 0.6) is 5.75 Å². The van der Waals surface area contributed by atoms with Crippen molar-refractivity contribution < 1.29 is 14.3 Å². The van der Waals surface area contributed by atoms with Crippen molar-refractivity contribution in [3.05, 3.63) is 77.9 Å². The summed E-state index contributed by atoms with van der Waals surface area (Å²) in [6, 6.07) is 21.4. The van der Waals surface area contributed by atoms with Gasteiger partial charge in [0.15, 0.2) is 6.10 Å². The monoisotopic (exact) mass is 370 g/mol. The molecule has 1 aliphatic carbocycles. The average molecular weight is 370 g/mol. The largest absolute Gasteiger partial charge is 0.478 e. The Morgan fingerprint density at radius 1 is 1.00 bits per heavy atom. The predicted octanol–water partition coefficient (Wildman–Crippen LogP) is 3.99. The van der Waals surface area contributed by atoms with Crippen LogP contribution in [0.2, 0.25) is 0 Å². The van der Waals surface area contributed by atoms with E-state index >= 15 is 0 Å². The molecule has 2 amide bonds. The topological polar surface area (TPSA) is 67.4 Å². The minimum absolute atomic E-state index is 0.0478. The Morgan fingerprint density at radius 2 is 1.79 bits per heavy atom. The summed E-state index contributed by atoms with van der Waals surface area (Å²) in [6.07, 6.45) is 0.0216. The van der Waals surface area contributed by atoms with Gasteiger partial charge in [-0.3, -0.25) is 9.59 Å². The molecule has 2 N–H and O–H groups in total. The molecule has 3 aromatic rings. The number of benzene rings is 3. The molecule has 28 heavy (non-hydrogen) atoms. The SMILES string of the molecule is O=C(C[C@H]1Oc2ccccc2NC1=O)Nc1ccc2c(c1)-c1ccccc1C2. The lowest BCUT2D eigenvalue weighted by Crippen LogP contribution is -2.39. The number of para-hydroxylation sites is 2. The first kappa shape index (κ1) is 16.6. The van der Waals surface area contributed by atoms with Gasteiger partial charge in [0.1, 0.15) is 5.75 Å². The maximum Gasteiger partial charge on any atom is 0.266 e. The van der Waals surface area contributed by atoms with Crippen molar-refractivity contribution >= 4 is 23.2 Å². The van der Waals surface area contributed by atoms with Gasteiger partial charge in [0, 0.05) is 5.69 Å². The Labute approximate surface area is 162 Å². The fraction of sp³-hybridized carbons (Fsp3) is 0.130. The first-order valence-corrected chi connectivity index (χ1v) is 9.25. The predicted molar refractivity (Wildman–Crippen MR) is 107 cm³/mol. The van der Waals surface area contributed by atoms with Crippen LogP contribution >= 0.6 is 0 Å². The van der Waals surface area contributed by atoms with E-state index in [0.29, 0.717) is 11.4 Å². The van der Waals surface area contributed by atoms with Gasteiger partial charge >= 0.3 is 0 Å². The van der Waals surface area contributed by atoms with Crippen molar-refractivity contribution in [2.24, 2.45) is 0 Å². The van der Waals surface area contributed by atoms with E-state index in [2.05, 4.69) is 22.8 Å². The van der Waals surface area contributed by atoms with Crippen LogP contribution in [0.15, 0.2) is 66.7 Å². The molecule has 0 radical (unpaired) electrons. The molecular formula is C23H18N2O3. The molecule has 0 bridgehead atoms. The molecule has 0 aromatic heterocycles. The molecule has 3 aromatic carbocycles. The summed E-state index contributed by atoms with van der Waals surface area (Å²) in [6.45, 7) is 0. The highest BCUT2D eigenvalue weighted by atomic mass is 16.5. The summed E-state index contributed by atoms with van der Waals surface area (Å²) in [4.78, 5) is 24.7. The van der Waals surface area contributed by atoms with Crippen molar-refractivity contribution in [1.29, 1.82) is 0 Å². The molecule has 0 unspecified atom stereocenters. The van der Waals surface area contributed by atoms with Gasteiger partial charge in [0.05, 0.1) is 12.1 Å². The van der Waals surface area contributed by atoms with Crippen LogP contribution in [-0.4, -0.2) is 17.9 Å². The number of hydrogen-bond donors (Lipinski definition) is 2. The zero-order valence-corrected chi connectivity index (χ0v) is 15.1. The van der Waals surface area contributed by atoms with Gasteiger partial charge in [-0.2, -0.15) is 0 Å². The van der Waals surface area contributed by atoms with Crippen LogP contribution in [-0.2, 0) is 16.0 Å². The van der Waals surface area contributed by atoms with Gasteiger partial charge in [0.2, 0.25) is 5.91 Å². The Morgan fingerprint density at radius 3 is 2.71 bits per heavy atom. The second kappa shape index (κ2) is 6.53. The standard InChI is InChI=1S/C23H18N2O3/c26-22(13-21-23(27)25-19-7-3-4-8-20(19)28-21)24-16-10-9-15-11-14-5-1-2-6-17(14)18(15)12-16/h1-10,12,21H,11,13H2,(H,24,26)(H,25,27)/t21-/m1/s1. The van der Waals surface area contributed by atoms with E-state index < -0.39 is 6.10 Å². The van der Waals surface area contributed by atoms with Crippen LogP contribution in [0.1, 0.15) is 17.5 Å². The van der Waals surface area contributed by atoms with Gasteiger partial charge in [-0.15, -0.1) is 0 Å². The number of carbonyl (C=O) groups is 2. The normalized spacial score (nSPS) is 16.3. The molecule has 2 aliphatic rings. The fourth-order valence-electron chi connectivity index (χ4n) is 3.81. The molecule has 138 valence electrons. The molecule has 1 heterocycles. The van der Waals surface area contributed by atoms with Gasteiger partial charge < -0.3 is 15.4 Å². The fourth-order valence-corrected chi connectivity index (χ4v) is 3.81. The lowest BCUT2D eigenvalue weighted by Gasteiger charge is -2.25. The third-order valence-corrected chi connectivity index (χ3v) is 5.16. The van der Waals surface area contributed by atoms with Gasteiger partial charge in [-0.25, -0.2) is 0 Å². The molecule has 0 spiro atoms. The number of ether oxygens (including phenoxy) is 1. The van der Waals surface area contributed by atoms with Crippen molar-refractivity contribution in [1.82, 2.24) is 0 Å². The summed E-state index contributed by atoms with van der Waals surface area (Å²) < 4.78 is 5.70. The summed E-state index contributed by atoms with van der Waals surface area (Å²) in [5.41, 5.74) is 6.26. The summed E-state index contributed by atoms with van der Waals surface area (Å²) >= 11 is 0. The molecule has 0 saturated carbocycles. The third-order valence-electron chi connectivity index (χ3n) is 5.16. The zero-order valence-electron chi connectivity index (χ0n) is 15.1. The first-order valence-electron chi connectivity index (χ1n) is 9.25. The van der Waals surface area contributed by atoms with Crippen LogP contribution < -0.4 is 15.4 Å².